The van der Waals surface area contributed by atoms with Crippen molar-refractivity contribution in [1.82, 2.24) is 10.1 Å². The fraction of sp³-hybridized carbons (Fsp3) is 0.130. The zero-order chi connectivity index (χ0) is 24.8. The third-order valence-corrected chi connectivity index (χ3v) is 8.17. The predicted octanol–water partition coefficient (Wildman–Crippen LogP) is 5.86. The lowest BCUT2D eigenvalue weighted by molar-refractivity contribution is -0.137. The molecule has 0 amide bonds. The minimum Gasteiger partial charge on any atom is -0.334 e. The van der Waals surface area contributed by atoms with Crippen LogP contribution in [0.5, 0.6) is 0 Å². The number of sulfonamides is 1. The molecule has 0 bridgehead atoms. The molecular weight excluding hydrogens is 506 g/mol. The SMILES string of the molecule is O=S(=O)(c1ccc(F)cc1)N1CCSc2ccc(-c3nc(-c4cccc(C(F)(F)F)c4)no3)cc21. The topological polar surface area (TPSA) is 76.3 Å². The Bertz CT molecular complexity index is 1500. The molecule has 6 nitrogen and oxygen atoms in total. The van der Waals surface area contributed by atoms with Gasteiger partial charge in [-0.2, -0.15) is 18.2 Å². The quantitative estimate of drug-likeness (QED) is 0.313. The lowest BCUT2D eigenvalue weighted by Crippen LogP contribution is -2.35. The monoisotopic (exact) mass is 521 g/mol. The van der Waals surface area contributed by atoms with E-state index in [0.29, 0.717) is 21.9 Å². The number of hydrogen-bond donors (Lipinski definition) is 0. The Morgan fingerprint density at radius 2 is 1.74 bits per heavy atom. The molecule has 180 valence electrons. The molecule has 0 saturated carbocycles. The van der Waals surface area contributed by atoms with Crippen LogP contribution >= 0.6 is 11.8 Å². The molecule has 0 unspecified atom stereocenters. The molecule has 5 rings (SSSR count). The van der Waals surface area contributed by atoms with Crippen molar-refractivity contribution in [3.05, 3.63) is 78.1 Å². The Kier molecular flexibility index (Phi) is 5.80. The maximum absolute atomic E-state index is 13.3. The largest absolute Gasteiger partial charge is 0.416 e. The van der Waals surface area contributed by atoms with Crippen LogP contribution in [0.4, 0.5) is 23.2 Å². The molecule has 0 N–H and O–H groups in total. The summed E-state index contributed by atoms with van der Waals surface area (Å²) in [7, 11) is -3.97. The molecule has 0 radical (unpaired) electrons. The van der Waals surface area contributed by atoms with Crippen LogP contribution in [0.3, 0.4) is 0 Å². The summed E-state index contributed by atoms with van der Waals surface area (Å²) in [5, 5.41) is 3.80. The summed E-state index contributed by atoms with van der Waals surface area (Å²) in [6, 6.07) is 14.1. The van der Waals surface area contributed by atoms with E-state index >= 15 is 0 Å². The second-order valence-electron chi connectivity index (χ2n) is 7.56. The molecule has 3 aromatic carbocycles. The molecule has 4 aromatic rings. The van der Waals surface area contributed by atoms with Gasteiger partial charge in [0.15, 0.2) is 0 Å². The summed E-state index contributed by atoms with van der Waals surface area (Å²) >= 11 is 1.48. The van der Waals surface area contributed by atoms with Gasteiger partial charge in [-0.25, -0.2) is 12.8 Å². The van der Waals surface area contributed by atoms with Crippen LogP contribution in [0.15, 0.2) is 81.0 Å². The first-order valence-electron chi connectivity index (χ1n) is 10.2. The number of benzene rings is 3. The van der Waals surface area contributed by atoms with Gasteiger partial charge in [-0.3, -0.25) is 4.31 Å². The number of fused-ring (bicyclic) bond motifs is 1. The van der Waals surface area contributed by atoms with Crippen molar-refractivity contribution >= 4 is 27.5 Å². The van der Waals surface area contributed by atoms with E-state index in [1.54, 1.807) is 18.2 Å². The summed E-state index contributed by atoms with van der Waals surface area (Å²) < 4.78 is 85.5. The van der Waals surface area contributed by atoms with Crippen molar-refractivity contribution in [2.45, 2.75) is 16.0 Å². The standard InChI is InChI=1S/C23H15F4N3O3S2/c24-17-5-7-18(8-6-17)35(31,32)30-10-11-34-20-9-4-15(13-19(20)30)22-28-21(29-33-22)14-2-1-3-16(12-14)23(25,26)27/h1-9,12-13H,10-11H2. The molecule has 0 fully saturated rings. The van der Waals surface area contributed by atoms with Crippen molar-refractivity contribution in [3.63, 3.8) is 0 Å². The van der Waals surface area contributed by atoms with Crippen LogP contribution in [0.25, 0.3) is 22.8 Å². The molecule has 12 heteroatoms. The third-order valence-electron chi connectivity index (χ3n) is 5.30. The van der Waals surface area contributed by atoms with E-state index in [1.807, 2.05) is 0 Å². The molecule has 1 aliphatic heterocycles. The summed E-state index contributed by atoms with van der Waals surface area (Å²) in [5.74, 6) is -0.0368. The maximum atomic E-state index is 13.3. The Morgan fingerprint density at radius 3 is 2.49 bits per heavy atom. The van der Waals surface area contributed by atoms with Gasteiger partial charge < -0.3 is 4.52 Å². The molecule has 2 heterocycles. The molecule has 35 heavy (non-hydrogen) atoms. The number of alkyl halides is 3. The molecule has 0 atom stereocenters. The summed E-state index contributed by atoms with van der Waals surface area (Å²) in [4.78, 5) is 4.88. The average molecular weight is 522 g/mol. The van der Waals surface area contributed by atoms with Crippen molar-refractivity contribution in [3.8, 4) is 22.8 Å². The van der Waals surface area contributed by atoms with E-state index in [9.17, 15) is 26.0 Å². The van der Waals surface area contributed by atoms with Crippen LogP contribution in [-0.4, -0.2) is 30.9 Å². The van der Waals surface area contributed by atoms with Gasteiger partial charge in [0.1, 0.15) is 5.82 Å². The second-order valence-corrected chi connectivity index (χ2v) is 10.6. The fourth-order valence-electron chi connectivity index (χ4n) is 3.60. The highest BCUT2D eigenvalue weighted by atomic mass is 32.2. The normalized spacial score (nSPS) is 14.1. The van der Waals surface area contributed by atoms with E-state index < -0.39 is 27.6 Å². The Balaban J connectivity index is 1.51. The minimum absolute atomic E-state index is 0.0231. The highest BCUT2D eigenvalue weighted by Crippen LogP contribution is 2.40. The highest BCUT2D eigenvalue weighted by Gasteiger charge is 2.32. The Morgan fingerprint density at radius 1 is 0.971 bits per heavy atom. The van der Waals surface area contributed by atoms with Gasteiger partial charge >= 0.3 is 6.18 Å². The number of nitrogens with zero attached hydrogens (tertiary/aromatic N) is 3. The summed E-state index contributed by atoms with van der Waals surface area (Å²) in [5.41, 5.74) is 0.0795. The first-order valence-corrected chi connectivity index (χ1v) is 12.6. The van der Waals surface area contributed by atoms with E-state index in [-0.39, 0.29) is 28.7 Å². The Hall–Kier alpha value is -3.38. The number of hydrogen-bond acceptors (Lipinski definition) is 6. The van der Waals surface area contributed by atoms with Gasteiger partial charge in [0.25, 0.3) is 15.9 Å². The first-order chi connectivity index (χ1) is 16.6. The summed E-state index contributed by atoms with van der Waals surface area (Å²) in [6.45, 7) is 0.195. The van der Waals surface area contributed by atoms with Gasteiger partial charge in [0.2, 0.25) is 5.82 Å². The summed E-state index contributed by atoms with van der Waals surface area (Å²) in [6.07, 6.45) is -4.52. The molecule has 0 spiro atoms. The number of thioether (sulfide) groups is 1. The van der Waals surface area contributed by atoms with Crippen molar-refractivity contribution in [2.75, 3.05) is 16.6 Å². The molecule has 0 saturated heterocycles. The van der Waals surface area contributed by atoms with Crippen LogP contribution in [0, 0.1) is 5.82 Å². The minimum atomic E-state index is -4.52. The fourth-order valence-corrected chi connectivity index (χ4v) is 6.23. The predicted molar refractivity (Wildman–Crippen MR) is 122 cm³/mol. The lowest BCUT2D eigenvalue weighted by Gasteiger charge is -2.30. The van der Waals surface area contributed by atoms with Crippen molar-refractivity contribution in [2.24, 2.45) is 0 Å². The molecule has 1 aliphatic rings. The highest BCUT2D eigenvalue weighted by molar-refractivity contribution is 8.00. The zero-order valence-electron chi connectivity index (χ0n) is 17.7. The van der Waals surface area contributed by atoms with E-state index in [1.165, 1.54) is 40.3 Å². The third kappa shape index (κ3) is 4.50. The van der Waals surface area contributed by atoms with Crippen LogP contribution < -0.4 is 4.31 Å². The van der Waals surface area contributed by atoms with E-state index in [4.69, 9.17) is 4.52 Å². The van der Waals surface area contributed by atoms with Gasteiger partial charge in [-0.05, 0) is 54.6 Å². The molecule has 1 aromatic heterocycles. The number of rotatable bonds is 4. The van der Waals surface area contributed by atoms with Crippen molar-refractivity contribution < 1.29 is 30.5 Å². The van der Waals surface area contributed by atoms with Gasteiger partial charge in [0, 0.05) is 28.3 Å². The lowest BCUT2D eigenvalue weighted by atomic mass is 10.1. The molecular formula is C23H15F4N3O3S2. The van der Waals surface area contributed by atoms with E-state index in [2.05, 4.69) is 10.1 Å². The zero-order valence-corrected chi connectivity index (χ0v) is 19.3. The van der Waals surface area contributed by atoms with Crippen LogP contribution in [0.2, 0.25) is 0 Å². The van der Waals surface area contributed by atoms with E-state index in [0.717, 1.165) is 24.3 Å². The second kappa shape index (κ2) is 8.68. The number of aromatic nitrogens is 2. The van der Waals surface area contributed by atoms with Gasteiger partial charge in [-0.1, -0.05) is 17.3 Å². The first kappa shape index (κ1) is 23.4. The average Bonchev–Trinajstić information content (AvgIpc) is 3.34. The maximum Gasteiger partial charge on any atom is 0.416 e. The number of anilines is 1. The van der Waals surface area contributed by atoms with Crippen LogP contribution in [0.1, 0.15) is 5.56 Å². The number of halogens is 4. The van der Waals surface area contributed by atoms with Crippen LogP contribution in [-0.2, 0) is 16.2 Å². The van der Waals surface area contributed by atoms with Crippen molar-refractivity contribution in [1.29, 1.82) is 0 Å². The molecule has 0 aliphatic carbocycles. The van der Waals surface area contributed by atoms with Gasteiger partial charge in [-0.15, -0.1) is 11.8 Å². The smallest absolute Gasteiger partial charge is 0.334 e. The van der Waals surface area contributed by atoms with Gasteiger partial charge in [0.05, 0.1) is 16.1 Å². The Labute approximate surface area is 201 Å².